The molecule has 2 rings (SSSR count). The molecule has 5 nitrogen and oxygen atoms in total. The largest absolute Gasteiger partial charge is 0.507 e. The van der Waals surface area contributed by atoms with Crippen molar-refractivity contribution in [2.24, 2.45) is 0 Å². The summed E-state index contributed by atoms with van der Waals surface area (Å²) in [6.45, 7) is 1.86. The van der Waals surface area contributed by atoms with Gasteiger partial charge in [-0.3, -0.25) is 4.79 Å². The van der Waals surface area contributed by atoms with Crippen LogP contribution in [0.4, 0.5) is 0 Å². The number of carbonyl (C=O) groups excluding carboxylic acids is 2. The zero-order chi connectivity index (χ0) is 14.5. The van der Waals surface area contributed by atoms with E-state index in [4.69, 9.17) is 9.47 Å². The van der Waals surface area contributed by atoms with Crippen LogP contribution in [0.5, 0.6) is 11.5 Å². The molecule has 5 heteroatoms. The average Bonchev–Trinajstić information content (AvgIpc) is 2.45. The third-order valence-electron chi connectivity index (χ3n) is 2.79. The predicted molar refractivity (Wildman–Crippen MR) is 73.1 cm³/mol. The Morgan fingerprint density at radius 1 is 1.30 bits per heavy atom. The van der Waals surface area contributed by atoms with Crippen LogP contribution in [0.25, 0.3) is 10.8 Å². The number of hydrogen-bond acceptors (Lipinski definition) is 5. The Morgan fingerprint density at radius 2 is 2.10 bits per heavy atom. The van der Waals surface area contributed by atoms with Crippen LogP contribution in [0.1, 0.15) is 17.3 Å². The molecule has 0 bridgehead atoms. The lowest BCUT2D eigenvalue weighted by atomic mass is 10.0. The molecule has 0 unspecified atom stereocenters. The Labute approximate surface area is 115 Å². The number of carbonyl (C=O) groups is 2. The van der Waals surface area contributed by atoms with Crippen molar-refractivity contribution in [2.75, 3.05) is 13.2 Å². The standard InChI is InChI=1S/C15H14O5/c1-2-19-15(18)9-20-11-4-5-12-10(7-11)3-6-14(17)13(12)8-16/h3-8,17H,2,9H2,1H3. The number of ether oxygens (including phenoxy) is 2. The van der Waals surface area contributed by atoms with Gasteiger partial charge in [0.25, 0.3) is 0 Å². The topological polar surface area (TPSA) is 72.8 Å². The molecular formula is C15H14O5. The number of hydrogen-bond donors (Lipinski definition) is 1. The SMILES string of the molecule is CCOC(=O)COc1ccc2c(C=O)c(O)ccc2c1. The smallest absolute Gasteiger partial charge is 0.344 e. The van der Waals surface area contributed by atoms with Gasteiger partial charge in [-0.2, -0.15) is 0 Å². The van der Waals surface area contributed by atoms with E-state index < -0.39 is 5.97 Å². The molecule has 0 saturated heterocycles. The van der Waals surface area contributed by atoms with Crippen LogP contribution in [-0.2, 0) is 9.53 Å². The molecule has 0 aliphatic heterocycles. The number of rotatable bonds is 5. The summed E-state index contributed by atoms with van der Waals surface area (Å²) in [5.41, 5.74) is 0.236. The summed E-state index contributed by atoms with van der Waals surface area (Å²) in [4.78, 5) is 22.2. The highest BCUT2D eigenvalue weighted by Gasteiger charge is 2.08. The number of aldehydes is 1. The molecule has 104 valence electrons. The molecule has 0 radical (unpaired) electrons. The van der Waals surface area contributed by atoms with Crippen molar-refractivity contribution in [3.63, 3.8) is 0 Å². The van der Waals surface area contributed by atoms with Crippen molar-refractivity contribution in [3.05, 3.63) is 35.9 Å². The zero-order valence-electron chi connectivity index (χ0n) is 11.0. The Hall–Kier alpha value is -2.56. The summed E-state index contributed by atoms with van der Waals surface area (Å²) in [6, 6.07) is 8.12. The van der Waals surface area contributed by atoms with Gasteiger partial charge < -0.3 is 14.6 Å². The second-order valence-corrected chi connectivity index (χ2v) is 4.09. The van der Waals surface area contributed by atoms with Crippen LogP contribution in [0.3, 0.4) is 0 Å². The third-order valence-corrected chi connectivity index (χ3v) is 2.79. The van der Waals surface area contributed by atoms with Crippen molar-refractivity contribution < 1.29 is 24.2 Å². The van der Waals surface area contributed by atoms with Gasteiger partial charge in [0.1, 0.15) is 11.5 Å². The molecular weight excluding hydrogens is 260 g/mol. The van der Waals surface area contributed by atoms with Gasteiger partial charge in [0.15, 0.2) is 12.9 Å². The Bertz CT molecular complexity index is 648. The lowest BCUT2D eigenvalue weighted by Crippen LogP contribution is -2.14. The number of benzene rings is 2. The van der Waals surface area contributed by atoms with E-state index in [-0.39, 0.29) is 17.9 Å². The molecule has 0 aliphatic rings. The molecule has 20 heavy (non-hydrogen) atoms. The number of phenolic OH excluding ortho intramolecular Hbond substituents is 1. The predicted octanol–water partition coefficient (Wildman–Crippen LogP) is 2.30. The quantitative estimate of drug-likeness (QED) is 0.669. The molecule has 0 amide bonds. The van der Waals surface area contributed by atoms with E-state index in [1.807, 2.05) is 0 Å². The summed E-state index contributed by atoms with van der Waals surface area (Å²) in [5.74, 6) is -0.00679. The Balaban J connectivity index is 2.24. The second-order valence-electron chi connectivity index (χ2n) is 4.09. The minimum atomic E-state index is -0.438. The van der Waals surface area contributed by atoms with E-state index in [9.17, 15) is 14.7 Å². The fraction of sp³-hybridized carbons (Fsp3) is 0.200. The van der Waals surface area contributed by atoms with Gasteiger partial charge in [0.05, 0.1) is 12.2 Å². The van der Waals surface area contributed by atoms with Gasteiger partial charge in [-0.15, -0.1) is 0 Å². The molecule has 0 heterocycles. The first-order valence-corrected chi connectivity index (χ1v) is 6.15. The highest BCUT2D eigenvalue weighted by Crippen LogP contribution is 2.28. The van der Waals surface area contributed by atoms with E-state index >= 15 is 0 Å². The first kappa shape index (κ1) is 13.9. The molecule has 0 saturated carbocycles. The third kappa shape index (κ3) is 2.88. The van der Waals surface area contributed by atoms with Crippen LogP contribution in [0.2, 0.25) is 0 Å². The Kier molecular flexibility index (Phi) is 4.20. The fourth-order valence-electron chi connectivity index (χ4n) is 1.88. The summed E-state index contributed by atoms with van der Waals surface area (Å²) in [7, 11) is 0. The van der Waals surface area contributed by atoms with E-state index in [1.165, 1.54) is 6.07 Å². The molecule has 0 spiro atoms. The maximum absolute atomic E-state index is 11.2. The lowest BCUT2D eigenvalue weighted by molar-refractivity contribution is -0.145. The van der Waals surface area contributed by atoms with E-state index in [2.05, 4.69) is 0 Å². The number of fused-ring (bicyclic) bond motifs is 1. The summed E-state index contributed by atoms with van der Waals surface area (Å²) < 4.78 is 10.1. The first-order valence-electron chi connectivity index (χ1n) is 6.15. The second kappa shape index (κ2) is 6.06. The van der Waals surface area contributed by atoms with Gasteiger partial charge >= 0.3 is 5.97 Å². The van der Waals surface area contributed by atoms with E-state index in [0.717, 1.165) is 5.39 Å². The fourth-order valence-corrected chi connectivity index (χ4v) is 1.88. The number of aromatic hydroxyl groups is 1. The average molecular weight is 274 g/mol. The monoisotopic (exact) mass is 274 g/mol. The first-order chi connectivity index (χ1) is 9.65. The van der Waals surface area contributed by atoms with Gasteiger partial charge in [0.2, 0.25) is 0 Å². The molecule has 0 atom stereocenters. The Morgan fingerprint density at radius 3 is 2.80 bits per heavy atom. The highest BCUT2D eigenvalue weighted by atomic mass is 16.6. The minimum Gasteiger partial charge on any atom is -0.507 e. The molecule has 2 aromatic carbocycles. The molecule has 0 aromatic heterocycles. The number of esters is 1. The summed E-state index contributed by atoms with van der Waals surface area (Å²) in [5, 5.41) is 11.0. The molecule has 0 aliphatic carbocycles. The molecule has 1 N–H and O–H groups in total. The minimum absolute atomic E-state index is 0.0623. The number of phenols is 1. The van der Waals surface area contributed by atoms with Crippen LogP contribution in [0, 0.1) is 0 Å². The maximum atomic E-state index is 11.2. The van der Waals surface area contributed by atoms with Crippen LogP contribution < -0.4 is 4.74 Å². The van der Waals surface area contributed by atoms with E-state index in [0.29, 0.717) is 24.0 Å². The van der Waals surface area contributed by atoms with Gasteiger partial charge in [0, 0.05) is 0 Å². The normalized spacial score (nSPS) is 10.2. The van der Waals surface area contributed by atoms with Gasteiger partial charge in [-0.25, -0.2) is 4.79 Å². The van der Waals surface area contributed by atoms with Crippen molar-refractivity contribution in [1.29, 1.82) is 0 Å². The van der Waals surface area contributed by atoms with Crippen molar-refractivity contribution in [3.8, 4) is 11.5 Å². The molecule has 2 aromatic rings. The highest BCUT2D eigenvalue weighted by molar-refractivity contribution is 6.01. The summed E-state index contributed by atoms with van der Waals surface area (Å²) >= 11 is 0. The lowest BCUT2D eigenvalue weighted by Gasteiger charge is -2.08. The maximum Gasteiger partial charge on any atom is 0.344 e. The van der Waals surface area contributed by atoms with Crippen LogP contribution >= 0.6 is 0 Å². The van der Waals surface area contributed by atoms with Crippen molar-refractivity contribution >= 4 is 23.0 Å². The van der Waals surface area contributed by atoms with Crippen molar-refractivity contribution in [2.45, 2.75) is 6.92 Å². The molecule has 0 fully saturated rings. The van der Waals surface area contributed by atoms with E-state index in [1.54, 1.807) is 31.2 Å². The van der Waals surface area contributed by atoms with Crippen LogP contribution in [-0.4, -0.2) is 30.6 Å². The summed E-state index contributed by atoms with van der Waals surface area (Å²) in [6.07, 6.45) is 0.608. The van der Waals surface area contributed by atoms with Gasteiger partial charge in [-0.05, 0) is 42.0 Å². The van der Waals surface area contributed by atoms with Crippen LogP contribution in [0.15, 0.2) is 30.3 Å². The zero-order valence-corrected chi connectivity index (χ0v) is 11.0. The van der Waals surface area contributed by atoms with Gasteiger partial charge in [-0.1, -0.05) is 6.07 Å². The van der Waals surface area contributed by atoms with Crippen molar-refractivity contribution in [1.82, 2.24) is 0 Å².